The molecule has 0 amide bonds. The highest BCUT2D eigenvalue weighted by Gasteiger charge is 2.43. The molecular formula is C6H9O7-. The van der Waals surface area contributed by atoms with Crippen LogP contribution in [0.1, 0.15) is 0 Å². The monoisotopic (exact) mass is 193 g/mol. The molecule has 0 spiro atoms. The standard InChI is InChI=1S/C6H10O7/c7-1-2(8)4(5(10)11)13-6(12)3(1)9/h1-4,6-9,12H,(H,10,11)/p-1/t1-,2+,3+,4+,6-/m1/s1. The number of rotatable bonds is 1. The van der Waals surface area contributed by atoms with Crippen LogP contribution in [0.3, 0.4) is 0 Å². The smallest absolute Gasteiger partial charge is 0.184 e. The van der Waals surface area contributed by atoms with Crippen LogP contribution in [0.2, 0.25) is 0 Å². The van der Waals surface area contributed by atoms with E-state index in [1.165, 1.54) is 0 Å². The zero-order chi connectivity index (χ0) is 10.2. The fraction of sp³-hybridized carbons (Fsp3) is 0.833. The van der Waals surface area contributed by atoms with Crippen molar-refractivity contribution in [1.82, 2.24) is 0 Å². The molecule has 1 aliphatic rings. The minimum Gasteiger partial charge on any atom is -0.547 e. The lowest BCUT2D eigenvalue weighted by Crippen LogP contribution is -2.62. The maximum absolute atomic E-state index is 10.3. The highest BCUT2D eigenvalue weighted by Crippen LogP contribution is 2.19. The first-order valence-electron chi connectivity index (χ1n) is 3.53. The average Bonchev–Trinajstić information content (AvgIpc) is 2.07. The molecule has 1 rings (SSSR count). The molecule has 0 saturated carbocycles. The van der Waals surface area contributed by atoms with Crippen molar-refractivity contribution in [3.63, 3.8) is 0 Å². The Labute approximate surface area is 72.8 Å². The zero-order valence-electron chi connectivity index (χ0n) is 6.40. The molecule has 0 unspecified atom stereocenters. The number of carbonyl (C=O) groups excluding carboxylic acids is 1. The van der Waals surface area contributed by atoms with Gasteiger partial charge in [-0.25, -0.2) is 0 Å². The second-order valence-corrected chi connectivity index (χ2v) is 2.74. The van der Waals surface area contributed by atoms with E-state index in [2.05, 4.69) is 4.74 Å². The summed E-state index contributed by atoms with van der Waals surface area (Å²) in [7, 11) is 0. The Morgan fingerprint density at radius 1 is 1.08 bits per heavy atom. The van der Waals surface area contributed by atoms with E-state index in [1.54, 1.807) is 0 Å². The van der Waals surface area contributed by atoms with Gasteiger partial charge in [0.05, 0.1) is 5.97 Å². The average molecular weight is 193 g/mol. The molecule has 0 bridgehead atoms. The summed E-state index contributed by atoms with van der Waals surface area (Å²) in [4.78, 5) is 10.3. The normalized spacial score (nSPS) is 46.0. The molecule has 5 atom stereocenters. The Balaban J connectivity index is 2.76. The fourth-order valence-corrected chi connectivity index (χ4v) is 1.06. The first kappa shape index (κ1) is 10.4. The molecule has 7 nitrogen and oxygen atoms in total. The van der Waals surface area contributed by atoms with Crippen molar-refractivity contribution in [2.24, 2.45) is 0 Å². The topological polar surface area (TPSA) is 130 Å². The van der Waals surface area contributed by atoms with Crippen molar-refractivity contribution < 1.29 is 35.1 Å². The largest absolute Gasteiger partial charge is 0.547 e. The summed E-state index contributed by atoms with van der Waals surface area (Å²) in [6, 6.07) is 0. The summed E-state index contributed by atoms with van der Waals surface area (Å²) in [6.45, 7) is 0. The van der Waals surface area contributed by atoms with Crippen molar-refractivity contribution in [3.8, 4) is 0 Å². The summed E-state index contributed by atoms with van der Waals surface area (Å²) in [5.41, 5.74) is 0. The fourth-order valence-electron chi connectivity index (χ4n) is 1.06. The van der Waals surface area contributed by atoms with Gasteiger partial charge in [-0.2, -0.15) is 0 Å². The lowest BCUT2D eigenvalue weighted by molar-refractivity contribution is -0.345. The van der Waals surface area contributed by atoms with Crippen molar-refractivity contribution in [1.29, 1.82) is 0 Å². The van der Waals surface area contributed by atoms with Crippen LogP contribution in [0.15, 0.2) is 0 Å². The highest BCUT2D eigenvalue weighted by atomic mass is 16.6. The van der Waals surface area contributed by atoms with Gasteiger partial charge in [0.2, 0.25) is 0 Å². The minimum atomic E-state index is -1.85. The molecule has 0 aromatic rings. The van der Waals surface area contributed by atoms with E-state index in [0.717, 1.165) is 0 Å². The quantitative estimate of drug-likeness (QED) is 0.330. The van der Waals surface area contributed by atoms with Crippen LogP contribution < -0.4 is 5.11 Å². The highest BCUT2D eigenvalue weighted by molar-refractivity contribution is 5.71. The van der Waals surface area contributed by atoms with Crippen LogP contribution in [-0.4, -0.2) is 57.1 Å². The zero-order valence-corrected chi connectivity index (χ0v) is 6.40. The van der Waals surface area contributed by atoms with Crippen LogP contribution in [-0.2, 0) is 9.53 Å². The minimum absolute atomic E-state index is 1.73. The second-order valence-electron chi connectivity index (χ2n) is 2.74. The molecule has 13 heavy (non-hydrogen) atoms. The maximum atomic E-state index is 10.3. The Bertz CT molecular complexity index is 205. The van der Waals surface area contributed by atoms with Crippen LogP contribution in [0, 0.1) is 0 Å². The molecule has 7 heteroatoms. The van der Waals surface area contributed by atoms with E-state index in [0.29, 0.717) is 0 Å². The number of carbonyl (C=O) groups is 1. The molecule has 4 N–H and O–H groups in total. The van der Waals surface area contributed by atoms with Gasteiger partial charge in [-0.15, -0.1) is 0 Å². The Hall–Kier alpha value is -0.730. The molecule has 1 saturated heterocycles. The van der Waals surface area contributed by atoms with E-state index in [-0.39, 0.29) is 0 Å². The van der Waals surface area contributed by atoms with Crippen LogP contribution in [0.5, 0.6) is 0 Å². The van der Waals surface area contributed by atoms with Crippen molar-refractivity contribution in [2.75, 3.05) is 0 Å². The molecule has 1 fully saturated rings. The van der Waals surface area contributed by atoms with E-state index in [1.807, 2.05) is 0 Å². The van der Waals surface area contributed by atoms with E-state index >= 15 is 0 Å². The van der Waals surface area contributed by atoms with E-state index < -0.39 is 36.7 Å². The number of aliphatic hydroxyl groups excluding tert-OH is 4. The maximum Gasteiger partial charge on any atom is 0.184 e. The van der Waals surface area contributed by atoms with Gasteiger partial charge in [-0.1, -0.05) is 0 Å². The summed E-state index contributed by atoms with van der Waals surface area (Å²) in [5.74, 6) is -1.77. The van der Waals surface area contributed by atoms with Crippen molar-refractivity contribution in [2.45, 2.75) is 30.7 Å². The lowest BCUT2D eigenvalue weighted by Gasteiger charge is -2.38. The van der Waals surface area contributed by atoms with Crippen LogP contribution in [0.4, 0.5) is 0 Å². The number of carboxylic acid groups (broad SMARTS) is 1. The molecule has 0 radical (unpaired) electrons. The van der Waals surface area contributed by atoms with Gasteiger partial charge in [-0.05, 0) is 0 Å². The number of ether oxygens (including phenoxy) is 1. The summed E-state index contributed by atoms with van der Waals surface area (Å²) < 4.78 is 4.28. The van der Waals surface area contributed by atoms with Crippen LogP contribution >= 0.6 is 0 Å². The van der Waals surface area contributed by atoms with Crippen molar-refractivity contribution in [3.05, 3.63) is 0 Å². The van der Waals surface area contributed by atoms with E-state index in [9.17, 15) is 9.90 Å². The molecule has 0 aliphatic carbocycles. The molecule has 1 aliphatic heterocycles. The van der Waals surface area contributed by atoms with Crippen LogP contribution in [0.25, 0.3) is 0 Å². The van der Waals surface area contributed by atoms with Gasteiger partial charge in [-0.3, -0.25) is 0 Å². The SMILES string of the molecule is O=C([O-])[C@H]1O[C@@H](O)[C@@H](O)[C@H](O)[C@@H]1O. The number of aliphatic carboxylic acids is 1. The second kappa shape index (κ2) is 3.56. The third-order valence-electron chi connectivity index (χ3n) is 1.82. The van der Waals surface area contributed by atoms with Gasteiger partial charge >= 0.3 is 0 Å². The Morgan fingerprint density at radius 3 is 2.08 bits per heavy atom. The molecule has 76 valence electrons. The summed E-state index contributed by atoms with van der Waals surface area (Å²) in [6.07, 6.45) is -9.00. The molecule has 1 heterocycles. The van der Waals surface area contributed by atoms with Gasteiger partial charge < -0.3 is 35.1 Å². The first-order valence-corrected chi connectivity index (χ1v) is 3.53. The Kier molecular flexibility index (Phi) is 2.84. The summed E-state index contributed by atoms with van der Waals surface area (Å²) >= 11 is 0. The summed E-state index contributed by atoms with van der Waals surface area (Å²) in [5, 5.41) is 46.1. The lowest BCUT2D eigenvalue weighted by atomic mass is 9.99. The third-order valence-corrected chi connectivity index (χ3v) is 1.82. The van der Waals surface area contributed by atoms with E-state index in [4.69, 9.17) is 20.4 Å². The number of hydrogen-bond donors (Lipinski definition) is 4. The van der Waals surface area contributed by atoms with Gasteiger partial charge in [0.1, 0.15) is 24.4 Å². The number of aliphatic hydroxyl groups is 4. The van der Waals surface area contributed by atoms with Gasteiger partial charge in [0.15, 0.2) is 6.29 Å². The first-order chi connectivity index (χ1) is 5.95. The predicted molar refractivity (Wildman–Crippen MR) is 33.9 cm³/mol. The molecule has 0 aromatic carbocycles. The van der Waals surface area contributed by atoms with Crippen molar-refractivity contribution >= 4 is 5.97 Å². The Morgan fingerprint density at radius 2 is 1.62 bits per heavy atom. The molecule has 0 aromatic heterocycles. The third kappa shape index (κ3) is 1.79. The number of carboxylic acids is 1. The molecular weight excluding hydrogens is 184 g/mol. The predicted octanol–water partition coefficient (Wildman–Crippen LogP) is -4.46. The van der Waals surface area contributed by atoms with Gasteiger partial charge in [0.25, 0.3) is 0 Å². The van der Waals surface area contributed by atoms with Gasteiger partial charge in [0, 0.05) is 0 Å². The number of hydrogen-bond acceptors (Lipinski definition) is 7.